The van der Waals surface area contributed by atoms with Crippen molar-refractivity contribution in [3.8, 4) is 10.4 Å². The Kier molecular flexibility index (Phi) is 4.66. The third-order valence-electron chi connectivity index (χ3n) is 4.03. The minimum absolute atomic E-state index is 0.00703. The van der Waals surface area contributed by atoms with Crippen molar-refractivity contribution in [1.82, 2.24) is 10.2 Å². The Morgan fingerprint density at radius 2 is 2.20 bits per heavy atom. The van der Waals surface area contributed by atoms with Crippen LogP contribution in [0.2, 0.25) is 0 Å². The van der Waals surface area contributed by atoms with Crippen molar-refractivity contribution in [1.29, 1.82) is 0 Å². The molecule has 1 fully saturated rings. The van der Waals surface area contributed by atoms with Crippen LogP contribution < -0.4 is 5.32 Å². The van der Waals surface area contributed by atoms with Crippen LogP contribution in [0.4, 0.5) is 5.82 Å². The second-order valence-corrected chi connectivity index (χ2v) is 8.89. The van der Waals surface area contributed by atoms with Gasteiger partial charge in [-0.1, -0.05) is 28.1 Å². The van der Waals surface area contributed by atoms with E-state index in [9.17, 15) is 9.90 Å². The van der Waals surface area contributed by atoms with E-state index >= 15 is 0 Å². The van der Waals surface area contributed by atoms with Crippen LogP contribution in [-0.2, 0) is 0 Å². The summed E-state index contributed by atoms with van der Waals surface area (Å²) in [6.07, 6.45) is 1.08. The molecule has 0 radical (unpaired) electrons. The van der Waals surface area contributed by atoms with Gasteiger partial charge >= 0.3 is 5.97 Å². The summed E-state index contributed by atoms with van der Waals surface area (Å²) in [5.74, 6) is 1.79. The van der Waals surface area contributed by atoms with Gasteiger partial charge in [-0.3, -0.25) is 0 Å². The SMILES string of the molecule is O=C(O)c1nnc(NC2CCSC2)c2cc(-c3cccc(Br)c3)sc12. The van der Waals surface area contributed by atoms with Gasteiger partial charge in [-0.2, -0.15) is 11.8 Å². The van der Waals surface area contributed by atoms with Gasteiger partial charge in [-0.25, -0.2) is 4.79 Å². The minimum atomic E-state index is -1.05. The highest BCUT2D eigenvalue weighted by atomic mass is 79.9. The molecule has 1 saturated heterocycles. The maximum atomic E-state index is 11.5. The van der Waals surface area contributed by atoms with Crippen LogP contribution in [0.25, 0.3) is 20.5 Å². The Morgan fingerprint density at radius 3 is 2.92 bits per heavy atom. The molecule has 2 N–H and O–H groups in total. The van der Waals surface area contributed by atoms with Crippen molar-refractivity contribution >= 4 is 60.9 Å². The second kappa shape index (κ2) is 6.93. The first-order valence-corrected chi connectivity index (χ1v) is 10.5. The Bertz CT molecular complexity index is 954. The Labute approximate surface area is 161 Å². The van der Waals surface area contributed by atoms with Gasteiger partial charge < -0.3 is 10.4 Å². The molecule has 1 atom stereocenters. The number of thiophene rings is 1. The largest absolute Gasteiger partial charge is 0.476 e. The Morgan fingerprint density at radius 1 is 1.32 bits per heavy atom. The van der Waals surface area contributed by atoms with E-state index in [-0.39, 0.29) is 5.69 Å². The van der Waals surface area contributed by atoms with Gasteiger partial charge in [-0.15, -0.1) is 21.5 Å². The average Bonchev–Trinajstić information content (AvgIpc) is 3.24. The first-order chi connectivity index (χ1) is 12.1. The van der Waals surface area contributed by atoms with E-state index in [0.717, 1.165) is 38.2 Å². The molecule has 1 aliphatic rings. The second-order valence-electron chi connectivity index (χ2n) is 5.77. The number of aromatic nitrogens is 2. The maximum absolute atomic E-state index is 11.5. The van der Waals surface area contributed by atoms with Crippen LogP contribution in [0, 0.1) is 0 Å². The average molecular weight is 436 g/mol. The number of carbonyl (C=O) groups is 1. The molecule has 0 saturated carbocycles. The number of hydrogen-bond acceptors (Lipinski definition) is 6. The fourth-order valence-corrected chi connectivity index (χ4v) is 5.50. The van der Waals surface area contributed by atoms with E-state index in [0.29, 0.717) is 16.6 Å². The lowest BCUT2D eigenvalue weighted by atomic mass is 10.1. The summed E-state index contributed by atoms with van der Waals surface area (Å²) < 4.78 is 1.64. The molecule has 128 valence electrons. The van der Waals surface area contributed by atoms with Gasteiger partial charge in [0.05, 0.1) is 4.70 Å². The number of carboxylic acids is 1. The highest BCUT2D eigenvalue weighted by Crippen LogP contribution is 2.38. The van der Waals surface area contributed by atoms with E-state index in [1.807, 2.05) is 42.1 Å². The number of carboxylic acid groups (broad SMARTS) is 1. The Hall–Kier alpha value is -1.64. The molecule has 4 rings (SSSR count). The van der Waals surface area contributed by atoms with Crippen molar-refractivity contribution in [2.45, 2.75) is 12.5 Å². The van der Waals surface area contributed by atoms with Crippen molar-refractivity contribution in [3.05, 3.63) is 40.5 Å². The molecule has 2 aromatic heterocycles. The summed E-state index contributed by atoms with van der Waals surface area (Å²) in [7, 11) is 0. The quantitative estimate of drug-likeness (QED) is 0.616. The summed E-state index contributed by atoms with van der Waals surface area (Å²) in [4.78, 5) is 12.5. The number of rotatable bonds is 4. The molecule has 0 amide bonds. The van der Waals surface area contributed by atoms with Gasteiger partial charge in [0.1, 0.15) is 0 Å². The van der Waals surface area contributed by atoms with E-state index in [1.165, 1.54) is 11.3 Å². The summed E-state index contributed by atoms with van der Waals surface area (Å²) in [6.45, 7) is 0. The number of fused-ring (bicyclic) bond motifs is 1. The molecule has 1 unspecified atom stereocenters. The van der Waals surface area contributed by atoms with Crippen LogP contribution in [0.15, 0.2) is 34.8 Å². The van der Waals surface area contributed by atoms with E-state index in [1.54, 1.807) is 0 Å². The number of hydrogen-bond donors (Lipinski definition) is 2. The highest BCUT2D eigenvalue weighted by Gasteiger charge is 2.22. The maximum Gasteiger partial charge on any atom is 0.357 e. The fourth-order valence-electron chi connectivity index (χ4n) is 2.81. The lowest BCUT2D eigenvalue weighted by Gasteiger charge is -2.12. The topological polar surface area (TPSA) is 75.1 Å². The van der Waals surface area contributed by atoms with E-state index in [2.05, 4.69) is 31.4 Å². The first-order valence-electron chi connectivity index (χ1n) is 7.75. The van der Waals surface area contributed by atoms with E-state index in [4.69, 9.17) is 0 Å². The van der Waals surface area contributed by atoms with Crippen LogP contribution in [0.1, 0.15) is 16.9 Å². The molecule has 0 spiro atoms. The Balaban J connectivity index is 1.84. The zero-order valence-corrected chi connectivity index (χ0v) is 16.2. The van der Waals surface area contributed by atoms with Crippen molar-refractivity contribution in [3.63, 3.8) is 0 Å². The standard InChI is InChI=1S/C17H14BrN3O2S2/c18-10-3-1-2-9(6-10)13-7-12-15(25-13)14(17(22)23)20-21-16(12)19-11-4-5-24-8-11/h1-3,6-7,11H,4-5,8H2,(H,19,21)(H,22,23). The molecule has 25 heavy (non-hydrogen) atoms. The first kappa shape index (κ1) is 16.8. The molecule has 0 bridgehead atoms. The lowest BCUT2D eigenvalue weighted by molar-refractivity contribution is 0.0692. The smallest absolute Gasteiger partial charge is 0.357 e. The van der Waals surface area contributed by atoms with Gasteiger partial charge in [0, 0.05) is 26.5 Å². The molecular formula is C17H14BrN3O2S2. The highest BCUT2D eigenvalue weighted by molar-refractivity contribution is 9.10. The van der Waals surface area contributed by atoms with Crippen LogP contribution in [0.3, 0.4) is 0 Å². The van der Waals surface area contributed by atoms with Gasteiger partial charge in [-0.05, 0) is 35.9 Å². The third-order valence-corrected chi connectivity index (χ3v) is 6.88. The molecule has 3 aromatic rings. The molecular weight excluding hydrogens is 422 g/mol. The van der Waals surface area contributed by atoms with Crippen LogP contribution in [0.5, 0.6) is 0 Å². The molecule has 1 aliphatic heterocycles. The molecule has 0 aliphatic carbocycles. The zero-order chi connectivity index (χ0) is 17.4. The zero-order valence-electron chi connectivity index (χ0n) is 13.0. The van der Waals surface area contributed by atoms with Crippen molar-refractivity contribution in [2.24, 2.45) is 0 Å². The predicted molar refractivity (Wildman–Crippen MR) is 107 cm³/mol. The number of benzene rings is 1. The van der Waals surface area contributed by atoms with Gasteiger partial charge in [0.2, 0.25) is 0 Å². The number of nitrogens with zero attached hydrogens (tertiary/aromatic N) is 2. The number of halogens is 1. The monoisotopic (exact) mass is 435 g/mol. The molecule has 5 nitrogen and oxygen atoms in total. The van der Waals surface area contributed by atoms with Gasteiger partial charge in [0.15, 0.2) is 11.5 Å². The van der Waals surface area contributed by atoms with Crippen LogP contribution in [-0.4, -0.2) is 38.8 Å². The number of nitrogens with one attached hydrogen (secondary N) is 1. The number of aromatic carboxylic acids is 1. The summed E-state index contributed by atoms with van der Waals surface area (Å²) in [6, 6.07) is 10.3. The molecule has 1 aromatic carbocycles. The molecule has 8 heteroatoms. The lowest BCUT2D eigenvalue weighted by Crippen LogP contribution is -2.19. The predicted octanol–water partition coefficient (Wildman–Crippen LogP) is 4.74. The number of thioether (sulfide) groups is 1. The fraction of sp³-hybridized carbons (Fsp3) is 0.235. The number of anilines is 1. The third kappa shape index (κ3) is 3.38. The normalized spacial score (nSPS) is 17.1. The molecule has 3 heterocycles. The summed E-state index contributed by atoms with van der Waals surface area (Å²) in [5, 5.41) is 21.8. The van der Waals surface area contributed by atoms with E-state index < -0.39 is 5.97 Å². The van der Waals surface area contributed by atoms with Gasteiger partial charge in [0.25, 0.3) is 0 Å². The minimum Gasteiger partial charge on any atom is -0.476 e. The van der Waals surface area contributed by atoms with Crippen molar-refractivity contribution < 1.29 is 9.90 Å². The summed E-state index contributed by atoms with van der Waals surface area (Å²) >= 11 is 6.83. The van der Waals surface area contributed by atoms with Crippen molar-refractivity contribution in [2.75, 3.05) is 16.8 Å². The summed E-state index contributed by atoms with van der Waals surface area (Å²) in [5.41, 5.74) is 1.04. The van der Waals surface area contributed by atoms with Crippen LogP contribution >= 0.6 is 39.0 Å².